The van der Waals surface area contributed by atoms with Gasteiger partial charge in [-0.05, 0) is 42.9 Å². The lowest BCUT2D eigenvalue weighted by Gasteiger charge is -2.38. The Morgan fingerprint density at radius 3 is 2.72 bits per heavy atom. The van der Waals surface area contributed by atoms with Crippen molar-refractivity contribution < 1.29 is 19.0 Å². The van der Waals surface area contributed by atoms with Gasteiger partial charge in [0.2, 0.25) is 5.91 Å². The summed E-state index contributed by atoms with van der Waals surface area (Å²) in [5.74, 6) is -0.00555. The number of halogens is 2. The largest absolute Gasteiger partial charge is 0.387 e. The number of carbonyl (C=O) groups excluding carboxylic acids is 1. The van der Waals surface area contributed by atoms with E-state index in [1.807, 2.05) is 4.90 Å². The number of piperazine rings is 1. The lowest BCUT2D eigenvalue weighted by Crippen LogP contribution is -2.52. The van der Waals surface area contributed by atoms with Crippen molar-refractivity contribution in [1.82, 2.24) is 20.2 Å². The lowest BCUT2D eigenvalue weighted by atomic mass is 9.95. The fraction of sp³-hybridized carbons (Fsp3) is 0.577. The average molecular weight is 518 g/mol. The zero-order valence-electron chi connectivity index (χ0n) is 20.5. The highest BCUT2D eigenvalue weighted by Gasteiger charge is 2.35. The molecule has 0 radical (unpaired) electrons. The molecule has 1 unspecified atom stereocenters. The number of aromatic nitrogens is 2. The molecule has 3 aliphatic rings. The molecule has 36 heavy (non-hydrogen) atoms. The van der Waals surface area contributed by atoms with E-state index >= 15 is 0 Å². The number of aliphatic hydroxyl groups is 1. The van der Waals surface area contributed by atoms with Crippen LogP contribution < -0.4 is 10.2 Å². The molecule has 0 saturated carbocycles. The van der Waals surface area contributed by atoms with Crippen molar-refractivity contribution in [1.29, 1.82) is 0 Å². The minimum atomic E-state index is -0.552. The van der Waals surface area contributed by atoms with E-state index in [-0.39, 0.29) is 22.9 Å². The summed E-state index contributed by atoms with van der Waals surface area (Å²) in [7, 11) is 0. The van der Waals surface area contributed by atoms with Crippen molar-refractivity contribution in [3.63, 3.8) is 0 Å². The summed E-state index contributed by atoms with van der Waals surface area (Å²) in [5, 5.41) is 13.9. The van der Waals surface area contributed by atoms with Gasteiger partial charge in [-0.15, -0.1) is 0 Å². The molecule has 1 aromatic carbocycles. The Morgan fingerprint density at radius 1 is 1.25 bits per heavy atom. The van der Waals surface area contributed by atoms with Crippen LogP contribution in [0, 0.1) is 5.82 Å². The molecule has 8 nitrogen and oxygen atoms in total. The Bertz CT molecular complexity index is 1090. The van der Waals surface area contributed by atoms with E-state index in [2.05, 4.69) is 27.1 Å². The summed E-state index contributed by atoms with van der Waals surface area (Å²) in [4.78, 5) is 26.6. The van der Waals surface area contributed by atoms with Gasteiger partial charge >= 0.3 is 0 Å². The van der Waals surface area contributed by atoms with E-state index in [9.17, 15) is 14.3 Å². The predicted octanol–water partition coefficient (Wildman–Crippen LogP) is 3.01. The summed E-state index contributed by atoms with van der Waals surface area (Å²) in [5.41, 5.74) is 2.36. The van der Waals surface area contributed by atoms with Gasteiger partial charge in [0.25, 0.3) is 0 Å². The fourth-order valence-corrected chi connectivity index (χ4v) is 5.69. The van der Waals surface area contributed by atoms with Crippen LogP contribution in [-0.4, -0.2) is 77.9 Å². The second kappa shape index (κ2) is 11.0. The molecule has 0 spiro atoms. The quantitative estimate of drug-likeness (QED) is 0.608. The zero-order valence-corrected chi connectivity index (χ0v) is 21.3. The molecule has 2 aromatic rings. The lowest BCUT2D eigenvalue weighted by molar-refractivity contribution is -0.133. The summed E-state index contributed by atoms with van der Waals surface area (Å²) in [6.07, 6.45) is 3.40. The Balaban J connectivity index is 1.29. The Kier molecular flexibility index (Phi) is 7.71. The van der Waals surface area contributed by atoms with E-state index < -0.39 is 17.8 Å². The van der Waals surface area contributed by atoms with E-state index in [0.717, 1.165) is 29.9 Å². The van der Waals surface area contributed by atoms with Gasteiger partial charge in [-0.3, -0.25) is 4.79 Å². The molecule has 5 rings (SSSR count). The number of nitrogens with one attached hydrogen (secondary N) is 1. The minimum Gasteiger partial charge on any atom is -0.387 e. The highest BCUT2D eigenvalue weighted by Crippen LogP contribution is 2.42. The van der Waals surface area contributed by atoms with Crippen molar-refractivity contribution >= 4 is 23.3 Å². The van der Waals surface area contributed by atoms with Crippen LogP contribution in [-0.2, 0) is 9.53 Å². The van der Waals surface area contributed by atoms with Gasteiger partial charge in [0, 0.05) is 57.5 Å². The molecule has 2 saturated heterocycles. The number of carbonyl (C=O) groups is 1. The third-order valence-corrected chi connectivity index (χ3v) is 7.95. The second-order valence-electron chi connectivity index (χ2n) is 9.98. The van der Waals surface area contributed by atoms with Gasteiger partial charge in [-0.2, -0.15) is 0 Å². The number of benzene rings is 1. The SMILES string of the molecule is C[C@@H]1C[C@@H](O)c2ncnc(N3CCN(C(=O)C(CNC4CCOCC4)c4ccc(Cl)c(F)c4)CC3)c21. The summed E-state index contributed by atoms with van der Waals surface area (Å²) in [6.45, 7) is 6.27. The first kappa shape index (κ1) is 25.3. The smallest absolute Gasteiger partial charge is 0.231 e. The van der Waals surface area contributed by atoms with Crippen LogP contribution in [0.1, 0.15) is 60.9 Å². The van der Waals surface area contributed by atoms with Gasteiger partial charge in [-0.25, -0.2) is 14.4 Å². The number of aliphatic hydroxyl groups excluding tert-OH is 1. The molecule has 0 bridgehead atoms. The molecule has 1 aromatic heterocycles. The molecule has 1 amide bonds. The molecule has 1 aliphatic carbocycles. The first-order valence-corrected chi connectivity index (χ1v) is 13.1. The number of amides is 1. The van der Waals surface area contributed by atoms with Crippen molar-refractivity contribution in [3.05, 3.63) is 52.2 Å². The van der Waals surface area contributed by atoms with Gasteiger partial charge in [0.05, 0.1) is 22.7 Å². The highest BCUT2D eigenvalue weighted by atomic mass is 35.5. The van der Waals surface area contributed by atoms with Gasteiger partial charge in [0.15, 0.2) is 0 Å². The maximum atomic E-state index is 14.3. The fourth-order valence-electron chi connectivity index (χ4n) is 5.58. The summed E-state index contributed by atoms with van der Waals surface area (Å²) < 4.78 is 19.8. The second-order valence-corrected chi connectivity index (χ2v) is 10.4. The standard InChI is InChI=1S/C26H33ClFN5O3/c1-16-12-22(34)24-23(16)25(31-15-30-24)32-6-8-33(9-7-32)26(35)19(14-29-18-4-10-36-11-5-18)17-2-3-20(27)21(28)13-17/h2-3,13,15-16,18-19,22,29,34H,4-12,14H2,1H3/t16-,19?,22-/m1/s1. The molecule has 10 heteroatoms. The van der Waals surface area contributed by atoms with Crippen LogP contribution in [0.4, 0.5) is 10.2 Å². The number of hydrogen-bond donors (Lipinski definition) is 2. The first-order chi connectivity index (χ1) is 17.4. The minimum absolute atomic E-state index is 0.0207. The van der Waals surface area contributed by atoms with E-state index in [1.54, 1.807) is 6.07 Å². The number of nitrogens with zero attached hydrogens (tertiary/aromatic N) is 4. The van der Waals surface area contributed by atoms with Gasteiger partial charge < -0.3 is 25.0 Å². The monoisotopic (exact) mass is 517 g/mol. The van der Waals surface area contributed by atoms with Gasteiger partial charge in [0.1, 0.15) is 18.0 Å². The van der Waals surface area contributed by atoms with Gasteiger partial charge in [-0.1, -0.05) is 24.6 Å². The van der Waals surface area contributed by atoms with Crippen LogP contribution in [0.2, 0.25) is 5.02 Å². The first-order valence-electron chi connectivity index (χ1n) is 12.7. The Morgan fingerprint density at radius 2 is 2.00 bits per heavy atom. The molecule has 2 N–H and O–H groups in total. The normalized spacial score (nSPS) is 23.6. The topological polar surface area (TPSA) is 90.8 Å². The van der Waals surface area contributed by atoms with Crippen LogP contribution >= 0.6 is 11.6 Å². The Labute approximate surface area is 215 Å². The van der Waals surface area contributed by atoms with Crippen LogP contribution in [0.25, 0.3) is 0 Å². The van der Waals surface area contributed by atoms with Crippen molar-refractivity contribution in [2.75, 3.05) is 50.8 Å². The summed E-state index contributed by atoms with van der Waals surface area (Å²) >= 11 is 5.91. The number of ether oxygens (including phenoxy) is 1. The molecular weight excluding hydrogens is 485 g/mol. The third-order valence-electron chi connectivity index (χ3n) is 7.65. The molecule has 3 atom stereocenters. The van der Waals surface area contributed by atoms with E-state index in [1.165, 1.54) is 18.5 Å². The molecule has 3 heterocycles. The van der Waals surface area contributed by atoms with Crippen molar-refractivity contribution in [3.8, 4) is 0 Å². The number of fused-ring (bicyclic) bond motifs is 1. The van der Waals surface area contributed by atoms with E-state index in [0.29, 0.717) is 57.9 Å². The highest BCUT2D eigenvalue weighted by molar-refractivity contribution is 6.30. The van der Waals surface area contributed by atoms with Crippen molar-refractivity contribution in [2.45, 2.75) is 50.2 Å². The number of hydrogen-bond acceptors (Lipinski definition) is 7. The molecule has 2 fully saturated rings. The maximum absolute atomic E-state index is 14.3. The Hall–Kier alpha value is -2.33. The van der Waals surface area contributed by atoms with Crippen LogP contribution in [0.15, 0.2) is 24.5 Å². The molecule has 2 aliphatic heterocycles. The maximum Gasteiger partial charge on any atom is 0.231 e. The zero-order chi connectivity index (χ0) is 25.2. The van der Waals surface area contributed by atoms with Crippen molar-refractivity contribution in [2.24, 2.45) is 0 Å². The molecular formula is C26H33ClFN5O3. The number of anilines is 1. The molecule has 194 valence electrons. The predicted molar refractivity (Wildman–Crippen MR) is 135 cm³/mol. The van der Waals surface area contributed by atoms with Crippen LogP contribution in [0.3, 0.4) is 0 Å². The summed E-state index contributed by atoms with van der Waals surface area (Å²) in [6, 6.07) is 4.92. The average Bonchev–Trinajstić information content (AvgIpc) is 3.20. The van der Waals surface area contributed by atoms with Crippen LogP contribution in [0.5, 0.6) is 0 Å². The number of rotatable bonds is 6. The third kappa shape index (κ3) is 5.20. The van der Waals surface area contributed by atoms with E-state index in [4.69, 9.17) is 16.3 Å².